The number of carboxylic acid groups (broad SMARTS) is 1. The molecule has 0 bridgehead atoms. The van der Waals surface area contributed by atoms with E-state index in [1.807, 2.05) is 0 Å². The Balaban J connectivity index is 2.00. The van der Waals surface area contributed by atoms with Crippen LogP contribution in [0.4, 0.5) is 5.69 Å². The van der Waals surface area contributed by atoms with Gasteiger partial charge in [0.05, 0.1) is 30.4 Å². The maximum Gasteiger partial charge on any atom is 0.335 e. The Labute approximate surface area is 171 Å². The number of aromatic carboxylic acids is 1. The summed E-state index contributed by atoms with van der Waals surface area (Å²) in [6.07, 6.45) is 1.70. The van der Waals surface area contributed by atoms with Crippen molar-refractivity contribution in [3.63, 3.8) is 0 Å². The van der Waals surface area contributed by atoms with Gasteiger partial charge in [-0.3, -0.25) is 9.69 Å². The summed E-state index contributed by atoms with van der Waals surface area (Å²) in [6, 6.07) is 9.91. The zero-order valence-corrected chi connectivity index (χ0v) is 17.0. The Kier molecular flexibility index (Phi) is 5.71. The second-order valence-corrected chi connectivity index (χ2v) is 7.61. The molecule has 1 fully saturated rings. The molecule has 6 nitrogen and oxygen atoms in total. The second kappa shape index (κ2) is 8.04. The second-order valence-electron chi connectivity index (χ2n) is 5.93. The Morgan fingerprint density at radius 3 is 2.57 bits per heavy atom. The van der Waals surface area contributed by atoms with Crippen molar-refractivity contribution in [1.29, 1.82) is 0 Å². The van der Waals surface area contributed by atoms with Crippen LogP contribution in [0.2, 0.25) is 0 Å². The molecule has 1 heterocycles. The van der Waals surface area contributed by atoms with E-state index in [2.05, 4.69) is 0 Å². The first-order valence-corrected chi connectivity index (χ1v) is 9.42. The summed E-state index contributed by atoms with van der Waals surface area (Å²) in [5.74, 6) is -0.167. The molecular weight excluding hydrogens is 398 g/mol. The molecule has 0 spiro atoms. The minimum atomic E-state index is -1.06. The van der Waals surface area contributed by atoms with Gasteiger partial charge >= 0.3 is 5.97 Å². The average molecular weight is 415 g/mol. The third-order valence-corrected chi connectivity index (χ3v) is 5.52. The van der Waals surface area contributed by atoms with Gasteiger partial charge in [-0.2, -0.15) is 0 Å². The maximum atomic E-state index is 13.0. The highest BCUT2D eigenvalue weighted by molar-refractivity contribution is 8.27. The van der Waals surface area contributed by atoms with Crippen LogP contribution in [0.3, 0.4) is 0 Å². The van der Waals surface area contributed by atoms with Gasteiger partial charge in [0.1, 0.15) is 11.5 Å². The van der Waals surface area contributed by atoms with Crippen LogP contribution in [-0.2, 0) is 4.79 Å². The fourth-order valence-electron chi connectivity index (χ4n) is 2.74. The van der Waals surface area contributed by atoms with Crippen LogP contribution in [0.15, 0.2) is 41.3 Å². The molecule has 1 saturated heterocycles. The van der Waals surface area contributed by atoms with E-state index in [-0.39, 0.29) is 11.5 Å². The van der Waals surface area contributed by atoms with Crippen LogP contribution in [0.5, 0.6) is 11.5 Å². The number of benzene rings is 2. The standard InChI is InChI=1S/C20H17NO5S2/c1-11-4-5-13(19(23)24)8-15(11)21-18(22)17(28-20(21)27)9-12-6-7-14(25-2)10-16(12)26-3/h4-10H,1-3H3,(H,23,24). The highest BCUT2D eigenvalue weighted by Crippen LogP contribution is 2.39. The third-order valence-electron chi connectivity index (χ3n) is 4.22. The molecule has 1 aliphatic rings. The minimum absolute atomic E-state index is 0.0930. The number of hydrogen-bond acceptors (Lipinski definition) is 6. The average Bonchev–Trinajstić information content (AvgIpc) is 2.95. The molecule has 1 aliphatic heterocycles. The molecule has 2 aromatic rings. The zero-order chi connectivity index (χ0) is 20.4. The molecule has 1 amide bonds. The highest BCUT2D eigenvalue weighted by atomic mass is 32.2. The van der Waals surface area contributed by atoms with Crippen LogP contribution in [0.25, 0.3) is 6.08 Å². The van der Waals surface area contributed by atoms with E-state index < -0.39 is 5.97 Å². The number of amides is 1. The SMILES string of the molecule is COc1ccc(C=C2SC(=S)N(c3cc(C(=O)O)ccc3C)C2=O)c(OC)c1. The lowest BCUT2D eigenvalue weighted by atomic mass is 10.1. The summed E-state index contributed by atoms with van der Waals surface area (Å²) in [4.78, 5) is 26.1. The lowest BCUT2D eigenvalue weighted by Crippen LogP contribution is -2.28. The Morgan fingerprint density at radius 1 is 1.18 bits per heavy atom. The largest absolute Gasteiger partial charge is 0.497 e. The molecule has 144 valence electrons. The van der Waals surface area contributed by atoms with Crippen molar-refractivity contribution in [2.45, 2.75) is 6.92 Å². The fourth-order valence-corrected chi connectivity index (χ4v) is 4.01. The number of carbonyl (C=O) groups excluding carboxylic acids is 1. The van der Waals surface area contributed by atoms with Gasteiger partial charge in [-0.05, 0) is 42.8 Å². The number of carbonyl (C=O) groups is 2. The van der Waals surface area contributed by atoms with Crippen molar-refractivity contribution >= 4 is 51.9 Å². The Morgan fingerprint density at radius 2 is 1.93 bits per heavy atom. The topological polar surface area (TPSA) is 76.1 Å². The lowest BCUT2D eigenvalue weighted by molar-refractivity contribution is -0.113. The summed E-state index contributed by atoms with van der Waals surface area (Å²) in [7, 11) is 3.10. The number of nitrogens with zero attached hydrogens (tertiary/aromatic N) is 1. The summed E-state index contributed by atoms with van der Waals surface area (Å²) < 4.78 is 10.9. The molecule has 0 radical (unpaired) electrons. The smallest absolute Gasteiger partial charge is 0.335 e. The molecule has 0 atom stereocenters. The van der Waals surface area contributed by atoms with Gasteiger partial charge in [0.2, 0.25) is 0 Å². The molecular formula is C20H17NO5S2. The van der Waals surface area contributed by atoms with E-state index in [0.717, 1.165) is 17.3 Å². The molecule has 3 rings (SSSR count). The first kappa shape index (κ1) is 19.9. The highest BCUT2D eigenvalue weighted by Gasteiger charge is 2.34. The molecule has 0 unspecified atom stereocenters. The van der Waals surface area contributed by atoms with E-state index in [1.165, 1.54) is 24.1 Å². The molecule has 28 heavy (non-hydrogen) atoms. The number of thiocarbonyl (C=S) groups is 1. The monoisotopic (exact) mass is 415 g/mol. The first-order chi connectivity index (χ1) is 13.3. The summed E-state index contributed by atoms with van der Waals surface area (Å²) in [6.45, 7) is 1.80. The van der Waals surface area contributed by atoms with Crippen LogP contribution in [0, 0.1) is 6.92 Å². The van der Waals surface area contributed by atoms with Gasteiger partial charge in [0.15, 0.2) is 4.32 Å². The van der Waals surface area contributed by atoms with Crippen LogP contribution in [-0.4, -0.2) is 35.5 Å². The lowest BCUT2D eigenvalue weighted by Gasteiger charge is -2.17. The molecule has 2 aromatic carbocycles. The van der Waals surface area contributed by atoms with Crippen molar-refractivity contribution in [2.24, 2.45) is 0 Å². The molecule has 0 saturated carbocycles. The molecule has 1 N–H and O–H groups in total. The normalized spacial score (nSPS) is 15.2. The number of rotatable bonds is 5. The molecule has 0 aliphatic carbocycles. The quantitative estimate of drug-likeness (QED) is 0.582. The zero-order valence-electron chi connectivity index (χ0n) is 15.4. The first-order valence-electron chi connectivity index (χ1n) is 8.19. The number of methoxy groups -OCH3 is 2. The predicted molar refractivity (Wildman–Crippen MR) is 113 cm³/mol. The van der Waals surface area contributed by atoms with Crippen LogP contribution in [0.1, 0.15) is 21.5 Å². The van der Waals surface area contributed by atoms with Crippen molar-refractivity contribution in [3.05, 3.63) is 58.0 Å². The van der Waals surface area contributed by atoms with Crippen molar-refractivity contribution in [2.75, 3.05) is 19.1 Å². The number of hydrogen-bond donors (Lipinski definition) is 1. The Bertz CT molecular complexity index is 1020. The van der Waals surface area contributed by atoms with E-state index in [9.17, 15) is 14.7 Å². The number of aryl methyl sites for hydroxylation is 1. The van der Waals surface area contributed by atoms with Crippen molar-refractivity contribution in [3.8, 4) is 11.5 Å². The van der Waals surface area contributed by atoms with Crippen molar-refractivity contribution < 1.29 is 24.2 Å². The van der Waals surface area contributed by atoms with Gasteiger partial charge in [0, 0.05) is 11.6 Å². The summed E-state index contributed by atoms with van der Waals surface area (Å²) >= 11 is 6.55. The molecule has 0 aromatic heterocycles. The van der Waals surface area contributed by atoms with Gasteiger partial charge < -0.3 is 14.6 Å². The van der Waals surface area contributed by atoms with Gasteiger partial charge in [-0.15, -0.1) is 0 Å². The summed E-state index contributed by atoms with van der Waals surface area (Å²) in [5.41, 5.74) is 2.02. The third kappa shape index (κ3) is 3.74. The van der Waals surface area contributed by atoms with Gasteiger partial charge in [0.25, 0.3) is 5.91 Å². The maximum absolute atomic E-state index is 13.0. The van der Waals surface area contributed by atoms with E-state index in [0.29, 0.717) is 32.0 Å². The Hall–Kier alpha value is -2.84. The number of thioether (sulfide) groups is 1. The summed E-state index contributed by atoms with van der Waals surface area (Å²) in [5, 5.41) is 9.25. The fraction of sp³-hybridized carbons (Fsp3) is 0.150. The number of anilines is 1. The predicted octanol–water partition coefficient (Wildman–Crippen LogP) is 4.12. The molecule has 8 heteroatoms. The van der Waals surface area contributed by atoms with Crippen LogP contribution < -0.4 is 14.4 Å². The van der Waals surface area contributed by atoms with E-state index >= 15 is 0 Å². The van der Waals surface area contributed by atoms with Gasteiger partial charge in [-0.25, -0.2) is 4.79 Å². The number of ether oxygens (including phenoxy) is 2. The minimum Gasteiger partial charge on any atom is -0.497 e. The van der Waals surface area contributed by atoms with E-state index in [1.54, 1.807) is 44.4 Å². The number of carboxylic acids is 1. The van der Waals surface area contributed by atoms with E-state index in [4.69, 9.17) is 21.7 Å². The van der Waals surface area contributed by atoms with Crippen molar-refractivity contribution in [1.82, 2.24) is 0 Å². The van der Waals surface area contributed by atoms with Gasteiger partial charge in [-0.1, -0.05) is 30.0 Å². The van der Waals surface area contributed by atoms with Crippen LogP contribution >= 0.6 is 24.0 Å².